The van der Waals surface area contributed by atoms with E-state index in [9.17, 15) is 0 Å². The Bertz CT molecular complexity index is 1020. The highest BCUT2D eigenvalue weighted by Gasteiger charge is 2.08. The molecule has 0 aliphatic heterocycles. The molecular weight excluding hydrogens is 298 g/mol. The number of rotatable bonds is 3. The highest BCUT2D eigenvalue weighted by molar-refractivity contribution is 5.81. The minimum absolute atomic E-state index is 0.417. The second kappa shape index (κ2) is 5.62. The molecule has 5 nitrogen and oxygen atoms in total. The van der Waals surface area contributed by atoms with Crippen molar-refractivity contribution in [2.24, 2.45) is 0 Å². The normalized spacial score (nSPS) is 10.8. The number of anilines is 3. The van der Waals surface area contributed by atoms with E-state index in [2.05, 4.69) is 10.4 Å². The van der Waals surface area contributed by atoms with E-state index in [4.69, 9.17) is 11.5 Å². The molecule has 4 rings (SSSR count). The first kappa shape index (κ1) is 14.1. The molecule has 5 N–H and O–H groups in total. The van der Waals surface area contributed by atoms with Gasteiger partial charge in [0.25, 0.3) is 0 Å². The first-order chi connectivity index (χ1) is 11.7. The summed E-state index contributed by atoms with van der Waals surface area (Å²) in [4.78, 5) is 4.36. The fourth-order valence-electron chi connectivity index (χ4n) is 2.81. The summed E-state index contributed by atoms with van der Waals surface area (Å²) < 4.78 is 1.78. The van der Waals surface area contributed by atoms with Crippen LogP contribution in [0.2, 0.25) is 0 Å². The minimum Gasteiger partial charge on any atom is -0.398 e. The maximum Gasteiger partial charge on any atom is 0.220 e. The lowest BCUT2D eigenvalue weighted by molar-refractivity contribution is 1.01. The number of hydrogen-bond acceptors (Lipinski definition) is 4. The zero-order valence-electron chi connectivity index (χ0n) is 13.0. The third-order valence-electron chi connectivity index (χ3n) is 3.96. The molecule has 0 saturated carbocycles. The van der Waals surface area contributed by atoms with Crippen molar-refractivity contribution in [2.45, 2.75) is 0 Å². The molecule has 0 radical (unpaired) electrons. The molecule has 0 atom stereocenters. The predicted octanol–water partition coefficient (Wildman–Crippen LogP) is 3.74. The summed E-state index contributed by atoms with van der Waals surface area (Å²) in [5.41, 5.74) is 20.9. The van der Waals surface area contributed by atoms with Gasteiger partial charge in [-0.15, -0.1) is 0 Å². The third-order valence-corrected chi connectivity index (χ3v) is 3.96. The number of nitrogens with zero attached hydrogens (tertiary/aromatic N) is 2. The molecule has 0 fully saturated rings. The van der Waals surface area contributed by atoms with Crippen LogP contribution in [-0.2, 0) is 0 Å². The Balaban J connectivity index is 1.74. The van der Waals surface area contributed by atoms with Gasteiger partial charge in [0.05, 0.1) is 16.7 Å². The van der Waals surface area contributed by atoms with Crippen LogP contribution in [0.3, 0.4) is 0 Å². The van der Waals surface area contributed by atoms with E-state index >= 15 is 0 Å². The van der Waals surface area contributed by atoms with Crippen LogP contribution in [-0.4, -0.2) is 9.66 Å². The first-order valence-electron chi connectivity index (χ1n) is 7.67. The van der Waals surface area contributed by atoms with Crippen LogP contribution in [0.4, 0.5) is 17.3 Å². The standard InChI is InChI=1S/C19H17N5/c20-16-9-2-1-8-15(16)13-6-5-7-14(12-13)23-24-18-11-4-3-10-17(18)22-19(24)21/h1-12,23H,20H2,(H2,21,22). The molecule has 118 valence electrons. The van der Waals surface area contributed by atoms with Crippen LogP contribution in [0.15, 0.2) is 72.8 Å². The maximum atomic E-state index is 6.08. The summed E-state index contributed by atoms with van der Waals surface area (Å²) in [6, 6.07) is 23.7. The fourth-order valence-corrected chi connectivity index (χ4v) is 2.81. The highest BCUT2D eigenvalue weighted by Crippen LogP contribution is 2.28. The Hall–Kier alpha value is -3.47. The average Bonchev–Trinajstić information content (AvgIpc) is 2.91. The molecule has 5 heteroatoms. The average molecular weight is 315 g/mol. The van der Waals surface area contributed by atoms with Crippen molar-refractivity contribution >= 4 is 28.4 Å². The molecular formula is C19H17N5. The molecule has 0 bridgehead atoms. The summed E-state index contributed by atoms with van der Waals surface area (Å²) >= 11 is 0. The zero-order chi connectivity index (χ0) is 16.5. The summed E-state index contributed by atoms with van der Waals surface area (Å²) in [6.45, 7) is 0. The van der Waals surface area contributed by atoms with Gasteiger partial charge in [-0.05, 0) is 35.9 Å². The Morgan fingerprint density at radius 1 is 0.833 bits per heavy atom. The fraction of sp³-hybridized carbons (Fsp3) is 0. The van der Waals surface area contributed by atoms with Gasteiger partial charge in [0.2, 0.25) is 5.95 Å². The van der Waals surface area contributed by atoms with Crippen molar-refractivity contribution in [3.8, 4) is 11.1 Å². The van der Waals surface area contributed by atoms with Gasteiger partial charge in [-0.25, -0.2) is 9.66 Å². The molecule has 0 spiro atoms. The molecule has 24 heavy (non-hydrogen) atoms. The zero-order valence-corrected chi connectivity index (χ0v) is 13.0. The van der Waals surface area contributed by atoms with Crippen molar-refractivity contribution in [3.05, 3.63) is 72.8 Å². The van der Waals surface area contributed by atoms with Gasteiger partial charge in [0.15, 0.2) is 0 Å². The molecule has 3 aromatic carbocycles. The summed E-state index contributed by atoms with van der Waals surface area (Å²) in [6.07, 6.45) is 0. The van der Waals surface area contributed by atoms with E-state index in [0.29, 0.717) is 5.95 Å². The van der Waals surface area contributed by atoms with E-state index in [1.807, 2.05) is 72.8 Å². The Kier molecular flexibility index (Phi) is 3.31. The van der Waals surface area contributed by atoms with E-state index in [-0.39, 0.29) is 0 Å². The van der Waals surface area contributed by atoms with Crippen LogP contribution in [0.1, 0.15) is 0 Å². The number of nitrogens with one attached hydrogen (secondary N) is 1. The SMILES string of the molecule is Nc1ccccc1-c1cccc(Nn2c(N)nc3ccccc32)c1. The van der Waals surface area contributed by atoms with Gasteiger partial charge in [-0.3, -0.25) is 5.43 Å². The monoisotopic (exact) mass is 315 g/mol. The number of para-hydroxylation sites is 3. The lowest BCUT2D eigenvalue weighted by Gasteiger charge is -2.12. The molecule has 0 aliphatic rings. The highest BCUT2D eigenvalue weighted by atomic mass is 15.5. The smallest absolute Gasteiger partial charge is 0.220 e. The van der Waals surface area contributed by atoms with Crippen LogP contribution in [0, 0.1) is 0 Å². The third kappa shape index (κ3) is 2.42. The number of imidazole rings is 1. The van der Waals surface area contributed by atoms with Crippen molar-refractivity contribution in [3.63, 3.8) is 0 Å². The molecule has 1 aromatic heterocycles. The molecule has 0 aliphatic carbocycles. The Labute approximate surface area is 139 Å². The van der Waals surface area contributed by atoms with Gasteiger partial charge in [0, 0.05) is 11.3 Å². The van der Waals surface area contributed by atoms with Crippen LogP contribution >= 0.6 is 0 Å². The summed E-state index contributed by atoms with van der Waals surface area (Å²) in [5, 5.41) is 0. The maximum absolute atomic E-state index is 6.08. The Morgan fingerprint density at radius 2 is 1.62 bits per heavy atom. The van der Waals surface area contributed by atoms with Gasteiger partial charge in [-0.1, -0.05) is 42.5 Å². The number of nitrogen functional groups attached to an aromatic ring is 2. The molecule has 1 heterocycles. The largest absolute Gasteiger partial charge is 0.398 e. The van der Waals surface area contributed by atoms with E-state index in [1.54, 1.807) is 4.68 Å². The molecule has 0 unspecified atom stereocenters. The second-order valence-corrected chi connectivity index (χ2v) is 5.57. The molecule has 0 amide bonds. The van der Waals surface area contributed by atoms with Crippen molar-refractivity contribution in [2.75, 3.05) is 16.9 Å². The van der Waals surface area contributed by atoms with Crippen molar-refractivity contribution in [1.82, 2.24) is 9.66 Å². The van der Waals surface area contributed by atoms with E-state index < -0.39 is 0 Å². The lowest BCUT2D eigenvalue weighted by atomic mass is 10.0. The summed E-state index contributed by atoms with van der Waals surface area (Å²) in [5.74, 6) is 0.417. The van der Waals surface area contributed by atoms with Crippen LogP contribution in [0.5, 0.6) is 0 Å². The van der Waals surface area contributed by atoms with Crippen LogP contribution < -0.4 is 16.9 Å². The second-order valence-electron chi connectivity index (χ2n) is 5.57. The number of nitrogens with two attached hydrogens (primary N) is 2. The minimum atomic E-state index is 0.417. The van der Waals surface area contributed by atoms with E-state index in [0.717, 1.165) is 33.5 Å². The number of hydrogen-bond donors (Lipinski definition) is 3. The van der Waals surface area contributed by atoms with Gasteiger partial charge >= 0.3 is 0 Å². The van der Waals surface area contributed by atoms with Crippen molar-refractivity contribution in [1.29, 1.82) is 0 Å². The molecule has 0 saturated heterocycles. The quantitative estimate of drug-likeness (QED) is 0.503. The van der Waals surface area contributed by atoms with Gasteiger partial charge in [-0.2, -0.15) is 0 Å². The van der Waals surface area contributed by atoms with Crippen LogP contribution in [0.25, 0.3) is 22.2 Å². The number of fused-ring (bicyclic) bond motifs is 1. The predicted molar refractivity (Wildman–Crippen MR) is 99.5 cm³/mol. The van der Waals surface area contributed by atoms with Gasteiger partial charge in [0.1, 0.15) is 0 Å². The summed E-state index contributed by atoms with van der Waals surface area (Å²) in [7, 11) is 0. The topological polar surface area (TPSA) is 81.9 Å². The molecule has 4 aromatic rings. The van der Waals surface area contributed by atoms with Crippen molar-refractivity contribution < 1.29 is 0 Å². The van der Waals surface area contributed by atoms with E-state index in [1.165, 1.54) is 0 Å². The first-order valence-corrected chi connectivity index (χ1v) is 7.67. The van der Waals surface area contributed by atoms with Gasteiger partial charge < -0.3 is 11.5 Å². The lowest BCUT2D eigenvalue weighted by Crippen LogP contribution is -2.12. The number of benzene rings is 3. The number of aromatic nitrogens is 2. The Morgan fingerprint density at radius 3 is 2.50 bits per heavy atom.